The number of hydrogen-bond acceptors (Lipinski definition) is 6. The minimum atomic E-state index is -4.24. The first-order chi connectivity index (χ1) is 14.7. The Bertz CT molecular complexity index is 1140. The number of aryl methyl sites for hydroxylation is 1. The maximum atomic E-state index is 12.3. The van der Waals surface area contributed by atoms with Crippen LogP contribution in [0.4, 0.5) is 18.0 Å². The number of hydrogen-bond donors (Lipinski definition) is 2. The summed E-state index contributed by atoms with van der Waals surface area (Å²) in [6.07, 6.45) is -3.78. The predicted molar refractivity (Wildman–Crippen MR) is 99.7 cm³/mol. The number of alkyl halides is 3. The van der Waals surface area contributed by atoms with Crippen LogP contribution in [0.1, 0.15) is 43.1 Å². The fourth-order valence-electron chi connectivity index (χ4n) is 3.74. The second-order valence-corrected chi connectivity index (χ2v) is 7.41. The van der Waals surface area contributed by atoms with E-state index in [2.05, 4.69) is 20.2 Å². The van der Waals surface area contributed by atoms with E-state index in [0.29, 0.717) is 42.8 Å². The van der Waals surface area contributed by atoms with Crippen molar-refractivity contribution in [2.45, 2.75) is 44.2 Å². The summed E-state index contributed by atoms with van der Waals surface area (Å²) < 4.78 is 43.7. The second kappa shape index (κ2) is 8.04. The zero-order valence-corrected chi connectivity index (χ0v) is 16.2. The van der Waals surface area contributed by atoms with Crippen molar-refractivity contribution in [1.29, 1.82) is 0 Å². The molecule has 0 spiro atoms. The van der Waals surface area contributed by atoms with E-state index in [1.54, 1.807) is 4.52 Å². The van der Waals surface area contributed by atoms with Crippen molar-refractivity contribution in [3.63, 3.8) is 0 Å². The van der Waals surface area contributed by atoms with Crippen LogP contribution in [0.2, 0.25) is 0 Å². The van der Waals surface area contributed by atoms with Crippen LogP contribution in [0.15, 0.2) is 21.6 Å². The lowest BCUT2D eigenvalue weighted by Crippen LogP contribution is -2.37. The van der Waals surface area contributed by atoms with Crippen molar-refractivity contribution >= 4 is 11.7 Å². The molecule has 2 N–H and O–H groups in total. The molecule has 0 bridgehead atoms. The van der Waals surface area contributed by atoms with Crippen LogP contribution < -0.4 is 5.56 Å². The van der Waals surface area contributed by atoms with Crippen molar-refractivity contribution in [2.75, 3.05) is 13.1 Å². The number of amides is 1. The van der Waals surface area contributed by atoms with E-state index >= 15 is 0 Å². The number of aromatic nitrogens is 5. The second-order valence-electron chi connectivity index (χ2n) is 7.41. The van der Waals surface area contributed by atoms with E-state index < -0.39 is 18.7 Å². The number of halogens is 3. The zero-order chi connectivity index (χ0) is 22.2. The molecule has 1 saturated heterocycles. The molecule has 0 aliphatic carbocycles. The summed E-state index contributed by atoms with van der Waals surface area (Å²) in [5.74, 6) is 0.123. The number of nitrogens with zero attached hydrogens (tertiary/aromatic N) is 5. The molecular formula is C18H19F3N6O4. The summed E-state index contributed by atoms with van der Waals surface area (Å²) in [5.41, 5.74) is 0.958. The number of fused-ring (bicyclic) bond motifs is 1. The number of rotatable bonds is 5. The van der Waals surface area contributed by atoms with E-state index in [-0.39, 0.29) is 36.0 Å². The number of H-pyrrole nitrogens is 1. The van der Waals surface area contributed by atoms with Gasteiger partial charge in [-0.25, -0.2) is 9.31 Å². The number of carbonyl (C=O) groups is 1. The summed E-state index contributed by atoms with van der Waals surface area (Å²) in [4.78, 5) is 31.5. The molecule has 0 unspecified atom stereocenters. The van der Waals surface area contributed by atoms with Gasteiger partial charge in [-0.15, -0.1) is 0 Å². The van der Waals surface area contributed by atoms with Gasteiger partial charge in [-0.1, -0.05) is 5.16 Å². The molecule has 1 fully saturated rings. The molecule has 1 aliphatic heterocycles. The fourth-order valence-corrected chi connectivity index (χ4v) is 3.74. The van der Waals surface area contributed by atoms with Gasteiger partial charge >= 0.3 is 12.3 Å². The van der Waals surface area contributed by atoms with E-state index in [1.165, 1.54) is 17.2 Å². The molecule has 0 saturated carbocycles. The first kappa shape index (κ1) is 20.9. The van der Waals surface area contributed by atoms with Gasteiger partial charge in [0.2, 0.25) is 0 Å². The minimum absolute atomic E-state index is 0.00610. The molecule has 0 aromatic carbocycles. The largest absolute Gasteiger partial charge is 0.465 e. The molecule has 3 aromatic rings. The molecule has 4 rings (SSSR count). The van der Waals surface area contributed by atoms with Gasteiger partial charge in [0.05, 0.1) is 11.9 Å². The lowest BCUT2D eigenvalue weighted by Gasteiger charge is -2.30. The highest BCUT2D eigenvalue weighted by Gasteiger charge is 2.28. The monoisotopic (exact) mass is 440 g/mol. The summed E-state index contributed by atoms with van der Waals surface area (Å²) in [6.45, 7) is 0.709. The van der Waals surface area contributed by atoms with Crippen molar-refractivity contribution in [3.05, 3.63) is 34.1 Å². The third kappa shape index (κ3) is 4.54. The third-order valence-electron chi connectivity index (χ3n) is 5.28. The Hall–Kier alpha value is -3.38. The molecule has 1 amide bonds. The first-order valence-corrected chi connectivity index (χ1v) is 9.70. The Morgan fingerprint density at radius 1 is 1.32 bits per heavy atom. The zero-order valence-electron chi connectivity index (χ0n) is 16.2. The molecule has 0 radical (unpaired) electrons. The SMILES string of the molecule is O=C(O)N1CCC(c2cc(=O)[nH]c3c(-c4nc(CCCC(F)(F)F)no4)cnn23)CC1. The molecule has 3 aromatic heterocycles. The molecule has 10 nitrogen and oxygen atoms in total. The summed E-state index contributed by atoms with van der Waals surface area (Å²) in [5, 5.41) is 17.1. The van der Waals surface area contributed by atoms with Gasteiger partial charge < -0.3 is 19.5 Å². The van der Waals surface area contributed by atoms with Gasteiger partial charge in [0.25, 0.3) is 11.4 Å². The van der Waals surface area contributed by atoms with E-state index in [4.69, 9.17) is 9.63 Å². The molecule has 1 aliphatic rings. The van der Waals surface area contributed by atoms with Crippen LogP contribution in [0, 0.1) is 0 Å². The molecule has 13 heteroatoms. The summed E-state index contributed by atoms with van der Waals surface area (Å²) in [6, 6.07) is 1.43. The van der Waals surface area contributed by atoms with Gasteiger partial charge in [0.15, 0.2) is 5.82 Å². The highest BCUT2D eigenvalue weighted by Crippen LogP contribution is 2.30. The number of aromatic amines is 1. The van der Waals surface area contributed by atoms with E-state index in [9.17, 15) is 22.8 Å². The van der Waals surface area contributed by atoms with Crippen molar-refractivity contribution in [3.8, 4) is 11.5 Å². The fraction of sp³-hybridized carbons (Fsp3) is 0.500. The molecular weight excluding hydrogens is 421 g/mol. The van der Waals surface area contributed by atoms with Crippen LogP contribution in [-0.2, 0) is 6.42 Å². The average Bonchev–Trinajstić information content (AvgIpc) is 3.33. The van der Waals surface area contributed by atoms with Gasteiger partial charge in [0.1, 0.15) is 11.2 Å². The highest BCUT2D eigenvalue weighted by molar-refractivity contribution is 5.71. The van der Waals surface area contributed by atoms with Gasteiger partial charge in [-0.3, -0.25) is 4.79 Å². The van der Waals surface area contributed by atoms with Crippen molar-refractivity contribution in [1.82, 2.24) is 29.6 Å². The van der Waals surface area contributed by atoms with Crippen molar-refractivity contribution < 1.29 is 27.6 Å². The van der Waals surface area contributed by atoms with Crippen LogP contribution in [0.3, 0.4) is 0 Å². The van der Waals surface area contributed by atoms with Crippen LogP contribution >= 0.6 is 0 Å². The third-order valence-corrected chi connectivity index (χ3v) is 5.28. The Morgan fingerprint density at radius 3 is 2.74 bits per heavy atom. The minimum Gasteiger partial charge on any atom is -0.465 e. The maximum absolute atomic E-state index is 12.3. The predicted octanol–water partition coefficient (Wildman–Crippen LogP) is 2.82. The van der Waals surface area contributed by atoms with Crippen LogP contribution in [0.25, 0.3) is 17.1 Å². The normalized spacial score (nSPS) is 15.6. The maximum Gasteiger partial charge on any atom is 0.407 e. The molecule has 166 valence electrons. The Kier molecular flexibility index (Phi) is 5.41. The summed E-state index contributed by atoms with van der Waals surface area (Å²) >= 11 is 0. The topological polar surface area (TPSA) is 130 Å². The van der Waals surface area contributed by atoms with Crippen molar-refractivity contribution in [2.24, 2.45) is 0 Å². The van der Waals surface area contributed by atoms with E-state index in [1.807, 2.05) is 0 Å². The van der Waals surface area contributed by atoms with Gasteiger partial charge in [-0.05, 0) is 19.3 Å². The molecule has 4 heterocycles. The number of likely N-dealkylation sites (tertiary alicyclic amines) is 1. The molecule has 31 heavy (non-hydrogen) atoms. The van der Waals surface area contributed by atoms with Crippen LogP contribution in [-0.4, -0.2) is 60.1 Å². The standard InChI is InChI=1S/C18H19F3N6O4/c19-18(20,21)5-1-2-13-23-16(31-25-13)11-9-22-27-12(8-14(28)24-15(11)27)10-3-6-26(7-4-10)17(29)30/h8-10H,1-7H2,(H,24,28)(H,29,30). The van der Waals surface area contributed by atoms with Gasteiger partial charge in [-0.2, -0.15) is 23.3 Å². The smallest absolute Gasteiger partial charge is 0.407 e. The Morgan fingerprint density at radius 2 is 2.06 bits per heavy atom. The quantitative estimate of drug-likeness (QED) is 0.624. The van der Waals surface area contributed by atoms with Gasteiger partial charge in [0, 0.05) is 37.9 Å². The highest BCUT2D eigenvalue weighted by atomic mass is 19.4. The molecule has 0 atom stereocenters. The Balaban J connectivity index is 1.57. The lowest BCUT2D eigenvalue weighted by molar-refractivity contribution is -0.135. The van der Waals surface area contributed by atoms with Crippen LogP contribution in [0.5, 0.6) is 0 Å². The summed E-state index contributed by atoms with van der Waals surface area (Å²) in [7, 11) is 0. The lowest BCUT2D eigenvalue weighted by atomic mass is 9.93. The Labute approximate surface area is 172 Å². The van der Waals surface area contributed by atoms with E-state index in [0.717, 1.165) is 0 Å². The number of nitrogens with one attached hydrogen (secondary N) is 1. The first-order valence-electron chi connectivity index (χ1n) is 9.70. The average molecular weight is 440 g/mol. The number of piperidine rings is 1. The number of carboxylic acid groups (broad SMARTS) is 1.